The number of carboxylic acids is 1. The van der Waals surface area contributed by atoms with Gasteiger partial charge in [-0.15, -0.1) is 0 Å². The van der Waals surface area contributed by atoms with Crippen molar-refractivity contribution in [3.8, 4) is 22.3 Å². The van der Waals surface area contributed by atoms with E-state index in [1.165, 1.54) is 6.20 Å². The van der Waals surface area contributed by atoms with E-state index in [1.54, 1.807) is 49.1 Å². The van der Waals surface area contributed by atoms with Crippen LogP contribution in [0.2, 0.25) is 0 Å². The van der Waals surface area contributed by atoms with E-state index in [9.17, 15) is 19.1 Å². The van der Waals surface area contributed by atoms with Gasteiger partial charge in [0.25, 0.3) is 0 Å². The molecule has 0 amide bonds. The van der Waals surface area contributed by atoms with Gasteiger partial charge >= 0.3 is 5.97 Å². The highest BCUT2D eigenvalue weighted by Crippen LogP contribution is 2.49. The zero-order valence-electron chi connectivity index (χ0n) is 21.6. The normalized spacial score (nSPS) is 15.9. The monoisotopic (exact) mass is 532 g/mol. The van der Waals surface area contributed by atoms with Crippen molar-refractivity contribution in [1.29, 1.82) is 0 Å². The van der Waals surface area contributed by atoms with Crippen LogP contribution in [-0.4, -0.2) is 59.8 Å². The zero-order valence-corrected chi connectivity index (χ0v) is 21.6. The van der Waals surface area contributed by atoms with Crippen LogP contribution in [-0.2, 0) is 6.42 Å². The van der Waals surface area contributed by atoms with Crippen molar-refractivity contribution < 1.29 is 18.7 Å². The van der Waals surface area contributed by atoms with Crippen LogP contribution in [0.4, 0.5) is 20.2 Å². The van der Waals surface area contributed by atoms with Crippen LogP contribution in [0.3, 0.4) is 0 Å². The fourth-order valence-corrected chi connectivity index (χ4v) is 5.80. The second kappa shape index (κ2) is 9.12. The molecule has 1 atom stereocenters. The van der Waals surface area contributed by atoms with Crippen LogP contribution in [0, 0.1) is 11.6 Å². The molecule has 1 aliphatic heterocycles. The van der Waals surface area contributed by atoms with Crippen molar-refractivity contribution in [2.45, 2.75) is 18.9 Å². The summed E-state index contributed by atoms with van der Waals surface area (Å²) in [5.41, 5.74) is 3.45. The first kappa shape index (κ1) is 24.9. The highest BCUT2D eigenvalue weighted by atomic mass is 19.2. The molecule has 0 radical (unpaired) electrons. The number of hydrogen-bond donors (Lipinski definition) is 3. The lowest BCUT2D eigenvalue weighted by Crippen LogP contribution is -2.23. The number of hydrogen-bond acceptors (Lipinski definition) is 7. The van der Waals surface area contributed by atoms with Crippen LogP contribution in [0.25, 0.3) is 33.3 Å². The molecule has 1 aromatic carbocycles. The Balaban J connectivity index is 1.62. The number of pyridine rings is 3. The maximum absolute atomic E-state index is 15.3. The van der Waals surface area contributed by atoms with Gasteiger partial charge in [0, 0.05) is 92.7 Å². The molecule has 0 spiro atoms. The topological polar surface area (TPSA) is 112 Å². The number of aromatic nitrogens is 3. The maximum Gasteiger partial charge on any atom is 0.341 e. The van der Waals surface area contributed by atoms with E-state index in [1.807, 2.05) is 0 Å². The summed E-state index contributed by atoms with van der Waals surface area (Å²) in [5.74, 6) is -3.22. The summed E-state index contributed by atoms with van der Waals surface area (Å²) in [6, 6.07) is 2.72. The lowest BCUT2D eigenvalue weighted by molar-refractivity contribution is 0.0694. The molecule has 11 heteroatoms. The molecule has 39 heavy (non-hydrogen) atoms. The summed E-state index contributed by atoms with van der Waals surface area (Å²) in [7, 11) is 5.25. The van der Waals surface area contributed by atoms with E-state index in [4.69, 9.17) is 0 Å². The van der Waals surface area contributed by atoms with Crippen LogP contribution in [0.5, 0.6) is 0 Å². The smallest absolute Gasteiger partial charge is 0.341 e. The Morgan fingerprint density at radius 1 is 1.21 bits per heavy atom. The molecule has 3 N–H and O–H groups in total. The molecule has 0 unspecified atom stereocenters. The van der Waals surface area contributed by atoms with Crippen LogP contribution < -0.4 is 21.0 Å². The van der Waals surface area contributed by atoms with Gasteiger partial charge in [-0.3, -0.25) is 9.78 Å². The Labute approximate surface area is 222 Å². The van der Waals surface area contributed by atoms with Gasteiger partial charge in [0.15, 0.2) is 11.6 Å². The lowest BCUT2D eigenvalue weighted by Gasteiger charge is -2.23. The van der Waals surface area contributed by atoms with Gasteiger partial charge in [0.1, 0.15) is 11.2 Å². The number of nitrogens with one attached hydrogen (secondary N) is 2. The first-order valence-electron chi connectivity index (χ1n) is 12.6. The average molecular weight is 533 g/mol. The van der Waals surface area contributed by atoms with Gasteiger partial charge in [-0.2, -0.15) is 0 Å². The number of aromatic carboxylic acids is 1. The minimum atomic E-state index is -1.31. The minimum absolute atomic E-state index is 0.0423. The first-order valence-corrected chi connectivity index (χ1v) is 12.6. The number of carboxylic acid groups (broad SMARTS) is 1. The molecular formula is C28H26F2N6O3. The number of benzene rings is 1. The third kappa shape index (κ3) is 3.75. The standard InChI is InChI=1S/C28H26F2N6O3/c1-31-20-8-19(29)24(30)22-15(20)7-21-23(22)25(35(2)3)17(11-33-21)13-6-16-26(37)18(28(38)39)12-36(27(16)34-9-13)14-4-5-32-10-14/h6,8-9,11-12,14,31-32H,4-5,7,10H2,1-3H3,(H,38,39)/t14-/m1/s1. The third-order valence-electron chi connectivity index (χ3n) is 7.61. The number of nitrogens with zero attached hydrogens (tertiary/aromatic N) is 4. The lowest BCUT2D eigenvalue weighted by atomic mass is 9.97. The molecular weight excluding hydrogens is 506 g/mol. The predicted octanol–water partition coefficient (Wildman–Crippen LogP) is 3.65. The van der Waals surface area contributed by atoms with Crippen molar-refractivity contribution in [1.82, 2.24) is 19.9 Å². The van der Waals surface area contributed by atoms with E-state index in [2.05, 4.69) is 20.6 Å². The van der Waals surface area contributed by atoms with Crippen molar-refractivity contribution in [3.63, 3.8) is 0 Å². The molecule has 9 nitrogen and oxygen atoms in total. The second-order valence-electron chi connectivity index (χ2n) is 10.1. The predicted molar refractivity (Wildman–Crippen MR) is 145 cm³/mol. The van der Waals surface area contributed by atoms with Gasteiger partial charge < -0.3 is 25.2 Å². The third-order valence-corrected chi connectivity index (χ3v) is 7.61. The van der Waals surface area contributed by atoms with E-state index in [0.717, 1.165) is 19.0 Å². The molecule has 4 heterocycles. The largest absolute Gasteiger partial charge is 0.477 e. The molecule has 4 aromatic rings. The van der Waals surface area contributed by atoms with Crippen LogP contribution in [0.1, 0.15) is 34.1 Å². The molecule has 1 saturated heterocycles. The number of carbonyl (C=O) groups is 1. The second-order valence-corrected chi connectivity index (χ2v) is 10.1. The summed E-state index contributed by atoms with van der Waals surface area (Å²) in [6.45, 7) is 1.41. The number of halogens is 2. The summed E-state index contributed by atoms with van der Waals surface area (Å²) in [6.07, 6.45) is 5.71. The highest BCUT2D eigenvalue weighted by Gasteiger charge is 2.33. The average Bonchev–Trinajstić information content (AvgIpc) is 3.58. The summed E-state index contributed by atoms with van der Waals surface area (Å²) >= 11 is 0. The fraction of sp³-hybridized carbons (Fsp3) is 0.286. The Hall–Kier alpha value is -4.38. The maximum atomic E-state index is 15.3. The molecule has 2 aliphatic rings. The summed E-state index contributed by atoms with van der Waals surface area (Å²) in [4.78, 5) is 36.2. The van der Waals surface area contributed by atoms with Gasteiger partial charge in [0.05, 0.1) is 16.8 Å². The van der Waals surface area contributed by atoms with E-state index in [0.29, 0.717) is 57.9 Å². The Kier molecular flexibility index (Phi) is 5.83. The molecule has 6 rings (SSSR count). The molecule has 3 aromatic heterocycles. The van der Waals surface area contributed by atoms with Crippen LogP contribution in [0.15, 0.2) is 35.5 Å². The van der Waals surface area contributed by atoms with E-state index in [-0.39, 0.29) is 22.6 Å². The highest BCUT2D eigenvalue weighted by molar-refractivity contribution is 5.98. The quantitative estimate of drug-likeness (QED) is 0.315. The fourth-order valence-electron chi connectivity index (χ4n) is 5.80. The molecule has 200 valence electrons. The summed E-state index contributed by atoms with van der Waals surface area (Å²) in [5, 5.41) is 16.1. The SMILES string of the molecule is CNc1cc(F)c(F)c2c1Cc1ncc(-c3cnc4c(c3)c(=O)c(C(=O)O)cn4[C@@H]3CCNC3)c(N(C)C)c1-2. The number of rotatable bonds is 5. The number of anilines is 2. The van der Waals surface area contributed by atoms with E-state index < -0.39 is 23.0 Å². The molecule has 1 aliphatic carbocycles. The van der Waals surface area contributed by atoms with Gasteiger partial charge in [-0.05, 0) is 24.6 Å². The van der Waals surface area contributed by atoms with Gasteiger partial charge in [-0.1, -0.05) is 0 Å². The Morgan fingerprint density at radius 2 is 2.00 bits per heavy atom. The molecule has 1 fully saturated rings. The Morgan fingerprint density at radius 3 is 2.67 bits per heavy atom. The molecule has 0 bridgehead atoms. The first-order chi connectivity index (χ1) is 18.7. The van der Waals surface area contributed by atoms with Crippen molar-refractivity contribution in [2.24, 2.45) is 0 Å². The summed E-state index contributed by atoms with van der Waals surface area (Å²) < 4.78 is 31.6. The van der Waals surface area contributed by atoms with Crippen LogP contribution >= 0.6 is 0 Å². The van der Waals surface area contributed by atoms with Gasteiger partial charge in [-0.25, -0.2) is 18.6 Å². The Bertz CT molecular complexity index is 1740. The van der Waals surface area contributed by atoms with Crippen molar-refractivity contribution >= 4 is 28.4 Å². The van der Waals surface area contributed by atoms with Crippen molar-refractivity contribution in [2.75, 3.05) is 44.4 Å². The minimum Gasteiger partial charge on any atom is -0.477 e. The number of fused-ring (bicyclic) bond motifs is 4. The molecule has 0 saturated carbocycles. The zero-order chi connectivity index (χ0) is 27.6. The van der Waals surface area contributed by atoms with E-state index >= 15 is 4.39 Å². The van der Waals surface area contributed by atoms with Crippen molar-refractivity contribution in [3.05, 3.63) is 69.4 Å². The van der Waals surface area contributed by atoms with Gasteiger partial charge in [0.2, 0.25) is 5.43 Å².